The van der Waals surface area contributed by atoms with E-state index in [0.717, 1.165) is 37.7 Å². The summed E-state index contributed by atoms with van der Waals surface area (Å²) in [6.07, 6.45) is 6.78. The molecule has 25 heavy (non-hydrogen) atoms. The minimum absolute atomic E-state index is 0.250. The van der Waals surface area contributed by atoms with Gasteiger partial charge >= 0.3 is 5.97 Å². The monoisotopic (exact) mass is 358 g/mol. The number of aryl methyl sites for hydroxylation is 1. The molecule has 1 N–H and O–H groups in total. The van der Waals surface area contributed by atoms with Crippen molar-refractivity contribution in [2.75, 3.05) is 5.32 Å². The molecule has 0 saturated heterocycles. The van der Waals surface area contributed by atoms with Crippen molar-refractivity contribution in [1.29, 1.82) is 5.26 Å². The summed E-state index contributed by atoms with van der Waals surface area (Å²) in [6, 6.07) is 3.68. The Morgan fingerprint density at radius 2 is 2.16 bits per heavy atom. The molecule has 130 valence electrons. The van der Waals surface area contributed by atoms with E-state index < -0.39 is 18.0 Å². The normalized spacial score (nSPS) is 14.7. The summed E-state index contributed by atoms with van der Waals surface area (Å²) >= 11 is 1.45. The molecule has 1 aliphatic carbocycles. The molecule has 6 nitrogen and oxygen atoms in total. The van der Waals surface area contributed by atoms with E-state index in [0.29, 0.717) is 10.6 Å². The van der Waals surface area contributed by atoms with Crippen molar-refractivity contribution < 1.29 is 18.7 Å². The van der Waals surface area contributed by atoms with Crippen LogP contribution >= 0.6 is 11.3 Å². The highest BCUT2D eigenvalue weighted by Crippen LogP contribution is 2.37. The third-order valence-corrected chi connectivity index (χ3v) is 5.39. The topological polar surface area (TPSA) is 92.3 Å². The van der Waals surface area contributed by atoms with E-state index in [4.69, 9.17) is 9.15 Å². The second-order valence-corrected chi connectivity index (χ2v) is 7.03. The van der Waals surface area contributed by atoms with Gasteiger partial charge < -0.3 is 14.5 Å². The van der Waals surface area contributed by atoms with Crippen LogP contribution in [0.5, 0.6) is 0 Å². The first-order chi connectivity index (χ1) is 12.1. The molecule has 1 aliphatic rings. The fourth-order valence-electron chi connectivity index (χ4n) is 2.83. The van der Waals surface area contributed by atoms with E-state index in [1.807, 2.05) is 0 Å². The number of rotatable bonds is 4. The minimum atomic E-state index is -0.976. The molecule has 3 rings (SSSR count). The van der Waals surface area contributed by atoms with Gasteiger partial charge in [-0.05, 0) is 44.2 Å². The Morgan fingerprint density at radius 1 is 1.36 bits per heavy atom. The number of carbonyl (C=O) groups is 2. The van der Waals surface area contributed by atoms with Gasteiger partial charge in [-0.1, -0.05) is 6.42 Å². The van der Waals surface area contributed by atoms with Crippen LogP contribution in [0.25, 0.3) is 0 Å². The molecule has 0 radical (unpaired) electrons. The highest BCUT2D eigenvalue weighted by Gasteiger charge is 2.24. The highest BCUT2D eigenvalue weighted by molar-refractivity contribution is 7.16. The zero-order valence-corrected chi connectivity index (χ0v) is 14.6. The van der Waals surface area contributed by atoms with Gasteiger partial charge in [0, 0.05) is 4.88 Å². The summed E-state index contributed by atoms with van der Waals surface area (Å²) in [6.45, 7) is 1.50. The molecule has 0 aliphatic heterocycles. The Hall–Kier alpha value is -2.59. The lowest BCUT2D eigenvalue weighted by atomic mass is 10.1. The van der Waals surface area contributed by atoms with E-state index in [1.165, 1.54) is 41.7 Å². The van der Waals surface area contributed by atoms with Gasteiger partial charge in [0.2, 0.25) is 0 Å². The van der Waals surface area contributed by atoms with Crippen LogP contribution in [-0.2, 0) is 22.4 Å². The number of anilines is 1. The first kappa shape index (κ1) is 17.2. The van der Waals surface area contributed by atoms with Crippen molar-refractivity contribution in [2.24, 2.45) is 0 Å². The maximum Gasteiger partial charge on any atom is 0.342 e. The van der Waals surface area contributed by atoms with Crippen LogP contribution in [0.2, 0.25) is 0 Å². The van der Waals surface area contributed by atoms with E-state index in [2.05, 4.69) is 11.4 Å². The second-order valence-electron chi connectivity index (χ2n) is 5.93. The fraction of sp³-hybridized carbons (Fsp3) is 0.389. The number of hydrogen-bond donors (Lipinski definition) is 1. The van der Waals surface area contributed by atoms with Crippen molar-refractivity contribution >= 4 is 28.2 Å². The number of amides is 1. The summed E-state index contributed by atoms with van der Waals surface area (Å²) in [5.41, 5.74) is 1.85. The molecular weight excluding hydrogens is 340 g/mol. The standard InChI is InChI=1S/C18H18N2O4S/c1-11(24-18(22)12-7-8-23-10-12)16(21)20-17-14(9-19)13-5-3-2-4-6-15(13)25-17/h7-8,10-11H,2-6H2,1H3,(H,20,21)/t11-/m1/s1. The van der Waals surface area contributed by atoms with E-state index in [9.17, 15) is 14.9 Å². The molecule has 0 fully saturated rings. The number of hydrogen-bond acceptors (Lipinski definition) is 6. The van der Waals surface area contributed by atoms with Crippen LogP contribution in [0.1, 0.15) is 52.5 Å². The molecule has 0 bridgehead atoms. The maximum atomic E-state index is 12.4. The largest absolute Gasteiger partial charge is 0.472 e. The number of nitrogens with zero attached hydrogens (tertiary/aromatic N) is 1. The Balaban J connectivity index is 1.70. The van der Waals surface area contributed by atoms with E-state index >= 15 is 0 Å². The minimum Gasteiger partial charge on any atom is -0.472 e. The smallest absolute Gasteiger partial charge is 0.342 e. The first-order valence-electron chi connectivity index (χ1n) is 8.19. The molecule has 0 spiro atoms. The van der Waals surface area contributed by atoms with Crippen LogP contribution < -0.4 is 5.32 Å². The number of ether oxygens (including phenoxy) is 1. The second kappa shape index (κ2) is 7.53. The van der Waals surface area contributed by atoms with Crippen LogP contribution in [0.3, 0.4) is 0 Å². The molecule has 1 amide bonds. The first-order valence-corrected chi connectivity index (χ1v) is 9.00. The SMILES string of the molecule is C[C@@H](OC(=O)c1ccoc1)C(=O)Nc1sc2c(c1C#N)CCCCC2. The van der Waals surface area contributed by atoms with Gasteiger partial charge in [0.1, 0.15) is 17.3 Å². The van der Waals surface area contributed by atoms with Gasteiger partial charge in [-0.3, -0.25) is 4.79 Å². The zero-order valence-electron chi connectivity index (χ0n) is 13.8. The van der Waals surface area contributed by atoms with E-state index in [-0.39, 0.29) is 5.56 Å². The Labute approximate surface area is 149 Å². The van der Waals surface area contributed by atoms with Crippen molar-refractivity contribution in [3.63, 3.8) is 0 Å². The molecule has 7 heteroatoms. The number of esters is 1. The van der Waals surface area contributed by atoms with Gasteiger partial charge in [-0.15, -0.1) is 11.3 Å². The molecule has 0 aromatic carbocycles. The predicted molar refractivity (Wildman–Crippen MR) is 92.5 cm³/mol. The Kier molecular flexibility index (Phi) is 5.19. The van der Waals surface area contributed by atoms with Gasteiger partial charge in [0.05, 0.1) is 17.4 Å². The van der Waals surface area contributed by atoms with Gasteiger partial charge in [-0.2, -0.15) is 5.26 Å². The summed E-state index contributed by atoms with van der Waals surface area (Å²) in [5, 5.41) is 12.8. The zero-order chi connectivity index (χ0) is 17.8. The fourth-order valence-corrected chi connectivity index (χ4v) is 4.07. The summed E-state index contributed by atoms with van der Waals surface area (Å²) in [7, 11) is 0. The number of fused-ring (bicyclic) bond motifs is 1. The number of furan rings is 1. The van der Waals surface area contributed by atoms with E-state index in [1.54, 1.807) is 0 Å². The molecule has 0 saturated carbocycles. The lowest BCUT2D eigenvalue weighted by Gasteiger charge is -2.12. The van der Waals surface area contributed by atoms with Crippen molar-refractivity contribution in [3.8, 4) is 6.07 Å². The number of nitrogens with one attached hydrogen (secondary N) is 1. The lowest BCUT2D eigenvalue weighted by Crippen LogP contribution is -2.29. The predicted octanol–water partition coefficient (Wildman–Crippen LogP) is 3.67. The molecular formula is C18H18N2O4S. The number of carbonyl (C=O) groups excluding carboxylic acids is 2. The Morgan fingerprint density at radius 3 is 2.88 bits per heavy atom. The van der Waals surface area contributed by atoms with Crippen molar-refractivity contribution in [1.82, 2.24) is 0 Å². The molecule has 0 unspecified atom stereocenters. The van der Waals surface area contributed by atoms with Crippen LogP contribution in [0.15, 0.2) is 23.0 Å². The molecule has 2 aromatic heterocycles. The van der Waals surface area contributed by atoms with Gasteiger partial charge in [0.15, 0.2) is 6.10 Å². The third-order valence-electron chi connectivity index (χ3n) is 4.18. The number of nitriles is 1. The maximum absolute atomic E-state index is 12.4. The average molecular weight is 358 g/mol. The van der Waals surface area contributed by atoms with Crippen molar-refractivity contribution in [2.45, 2.75) is 45.1 Å². The van der Waals surface area contributed by atoms with Crippen LogP contribution in [-0.4, -0.2) is 18.0 Å². The van der Waals surface area contributed by atoms with Crippen molar-refractivity contribution in [3.05, 3.63) is 40.2 Å². The van der Waals surface area contributed by atoms with Crippen LogP contribution in [0.4, 0.5) is 5.00 Å². The third kappa shape index (κ3) is 3.74. The molecule has 1 atom stereocenters. The van der Waals surface area contributed by atoms with Gasteiger partial charge in [-0.25, -0.2) is 4.79 Å². The van der Waals surface area contributed by atoms with Crippen LogP contribution in [0, 0.1) is 11.3 Å². The Bertz CT molecular complexity index is 817. The summed E-state index contributed by atoms with van der Waals surface area (Å²) in [5.74, 6) is -1.08. The average Bonchev–Trinajstić information content (AvgIpc) is 3.18. The highest BCUT2D eigenvalue weighted by atomic mass is 32.1. The summed E-state index contributed by atoms with van der Waals surface area (Å²) in [4.78, 5) is 25.4. The van der Waals surface area contributed by atoms with Gasteiger partial charge in [0.25, 0.3) is 5.91 Å². The number of thiophene rings is 1. The molecule has 2 aromatic rings. The summed E-state index contributed by atoms with van der Waals surface area (Å²) < 4.78 is 9.96. The quantitative estimate of drug-likeness (QED) is 0.665. The molecule has 2 heterocycles. The lowest BCUT2D eigenvalue weighted by molar-refractivity contribution is -0.123.